The zero-order valence-corrected chi connectivity index (χ0v) is 9.17. The molecule has 0 fully saturated rings. The molecule has 3 heteroatoms. The molecule has 0 aromatic heterocycles. The van der Waals surface area contributed by atoms with E-state index in [0.29, 0.717) is 17.0 Å². The number of methoxy groups -OCH3 is 1. The van der Waals surface area contributed by atoms with Crippen molar-refractivity contribution >= 4 is 18.2 Å². The molecule has 0 aliphatic heterocycles. The number of aliphatic imine (C=N–C) groups is 1. The fourth-order valence-electron chi connectivity index (χ4n) is 1.52. The fourth-order valence-corrected chi connectivity index (χ4v) is 1.52. The molecule has 0 unspecified atom stereocenters. The maximum Gasteiger partial charge on any atom is 0.124 e. The molecule has 0 saturated heterocycles. The van der Waals surface area contributed by atoms with Gasteiger partial charge in [-0.05, 0) is 44.3 Å². The first-order chi connectivity index (χ1) is 7.13. The van der Waals surface area contributed by atoms with Gasteiger partial charge in [-0.1, -0.05) is 0 Å². The van der Waals surface area contributed by atoms with E-state index in [1.54, 1.807) is 20.1 Å². The molecule has 0 N–H and O–H groups in total. The molecule has 1 aromatic rings. The summed E-state index contributed by atoms with van der Waals surface area (Å²) in [6.07, 6.45) is 1.77. The van der Waals surface area contributed by atoms with E-state index < -0.39 is 0 Å². The van der Waals surface area contributed by atoms with Gasteiger partial charge in [0, 0.05) is 5.56 Å². The van der Waals surface area contributed by atoms with Crippen molar-refractivity contribution in [2.45, 2.75) is 13.8 Å². The van der Waals surface area contributed by atoms with Gasteiger partial charge in [0.15, 0.2) is 0 Å². The Labute approximate surface area is 89.1 Å². The molecule has 2 nitrogen and oxygen atoms in total. The maximum absolute atomic E-state index is 13.2. The molecule has 1 rings (SSSR count). The van der Waals surface area contributed by atoms with Crippen molar-refractivity contribution < 1.29 is 9.13 Å². The van der Waals surface area contributed by atoms with Gasteiger partial charge in [0.05, 0.1) is 12.8 Å². The van der Waals surface area contributed by atoms with Crippen LogP contribution in [0, 0.1) is 12.7 Å². The van der Waals surface area contributed by atoms with Crippen LogP contribution in [0.15, 0.2) is 23.2 Å². The molecule has 1 aromatic carbocycles. The third-order valence-corrected chi connectivity index (χ3v) is 2.17. The molecule has 0 amide bonds. The Morgan fingerprint density at radius 3 is 2.67 bits per heavy atom. The highest BCUT2D eigenvalue weighted by atomic mass is 19.1. The number of allylic oxidation sites excluding steroid dienone is 1. The summed E-state index contributed by atoms with van der Waals surface area (Å²) >= 11 is 0. The van der Waals surface area contributed by atoms with E-state index in [-0.39, 0.29) is 5.82 Å². The van der Waals surface area contributed by atoms with Crippen molar-refractivity contribution in [2.24, 2.45) is 4.99 Å². The number of rotatable bonds is 3. The van der Waals surface area contributed by atoms with Crippen LogP contribution in [0.5, 0.6) is 0 Å². The normalized spacial score (nSPS) is 11.3. The lowest BCUT2D eigenvalue weighted by Gasteiger charge is -2.11. The van der Waals surface area contributed by atoms with Gasteiger partial charge in [0.25, 0.3) is 0 Å². The summed E-state index contributed by atoms with van der Waals surface area (Å²) in [4.78, 5) is 3.89. The molecule has 0 atom stereocenters. The van der Waals surface area contributed by atoms with Crippen molar-refractivity contribution in [3.05, 3.63) is 35.2 Å². The SMILES string of the molecule is C=Nc1c(C)cc(F)cc1/C(=C/C)OC. The second-order valence-corrected chi connectivity index (χ2v) is 3.13. The Balaban J connectivity index is 3.44. The van der Waals surface area contributed by atoms with E-state index in [1.807, 2.05) is 6.92 Å². The summed E-state index contributed by atoms with van der Waals surface area (Å²) in [5.41, 5.74) is 2.04. The molecule has 0 spiro atoms. The Kier molecular flexibility index (Phi) is 3.61. The summed E-state index contributed by atoms with van der Waals surface area (Å²) in [6, 6.07) is 2.83. The third kappa shape index (κ3) is 2.24. The standard InChI is InChI=1S/C12H14FNO/c1-5-11(15-4)10-7-9(13)6-8(2)12(10)14-3/h5-7H,3H2,1-2,4H3/b11-5-. The van der Waals surface area contributed by atoms with Crippen LogP contribution in [-0.4, -0.2) is 13.8 Å². The van der Waals surface area contributed by atoms with Crippen LogP contribution < -0.4 is 0 Å². The van der Waals surface area contributed by atoms with Gasteiger partial charge in [0.1, 0.15) is 11.6 Å². The van der Waals surface area contributed by atoms with Crippen LogP contribution in [0.1, 0.15) is 18.1 Å². The highest BCUT2D eigenvalue weighted by molar-refractivity contribution is 5.74. The average molecular weight is 207 g/mol. The van der Waals surface area contributed by atoms with Gasteiger partial charge < -0.3 is 4.74 Å². The van der Waals surface area contributed by atoms with E-state index in [9.17, 15) is 4.39 Å². The van der Waals surface area contributed by atoms with Crippen LogP contribution in [0.2, 0.25) is 0 Å². The monoisotopic (exact) mass is 207 g/mol. The fraction of sp³-hybridized carbons (Fsp3) is 0.250. The third-order valence-electron chi connectivity index (χ3n) is 2.17. The highest BCUT2D eigenvalue weighted by Gasteiger charge is 2.11. The number of ether oxygens (including phenoxy) is 1. The molecule has 0 aliphatic rings. The lowest BCUT2D eigenvalue weighted by atomic mass is 10.1. The van der Waals surface area contributed by atoms with Crippen LogP contribution in [0.3, 0.4) is 0 Å². The van der Waals surface area contributed by atoms with Gasteiger partial charge in [-0.3, -0.25) is 4.99 Å². The summed E-state index contributed by atoms with van der Waals surface area (Å²) in [5, 5.41) is 0. The van der Waals surface area contributed by atoms with Gasteiger partial charge in [0.2, 0.25) is 0 Å². The Morgan fingerprint density at radius 1 is 1.53 bits per heavy atom. The minimum atomic E-state index is -0.300. The van der Waals surface area contributed by atoms with Gasteiger partial charge in [-0.15, -0.1) is 0 Å². The second kappa shape index (κ2) is 4.73. The molecule has 15 heavy (non-hydrogen) atoms. The van der Waals surface area contributed by atoms with Crippen LogP contribution in [-0.2, 0) is 4.74 Å². The molecular weight excluding hydrogens is 193 g/mol. The number of hydrogen-bond donors (Lipinski definition) is 0. The van der Waals surface area contributed by atoms with E-state index >= 15 is 0 Å². The smallest absolute Gasteiger partial charge is 0.124 e. The van der Waals surface area contributed by atoms with Gasteiger partial charge in [-0.2, -0.15) is 0 Å². The minimum Gasteiger partial charge on any atom is -0.496 e. The Morgan fingerprint density at radius 2 is 2.20 bits per heavy atom. The Hall–Kier alpha value is -1.64. The van der Waals surface area contributed by atoms with Crippen molar-refractivity contribution in [3.8, 4) is 0 Å². The topological polar surface area (TPSA) is 21.6 Å². The van der Waals surface area contributed by atoms with Gasteiger partial charge in [-0.25, -0.2) is 4.39 Å². The number of benzene rings is 1. The van der Waals surface area contributed by atoms with Gasteiger partial charge >= 0.3 is 0 Å². The maximum atomic E-state index is 13.2. The van der Waals surface area contributed by atoms with E-state index in [1.165, 1.54) is 12.1 Å². The average Bonchev–Trinajstić information content (AvgIpc) is 2.19. The van der Waals surface area contributed by atoms with E-state index in [4.69, 9.17) is 4.74 Å². The first-order valence-electron chi connectivity index (χ1n) is 4.61. The predicted octanol–water partition coefficient (Wildman–Crippen LogP) is 3.47. The molecule has 80 valence electrons. The largest absolute Gasteiger partial charge is 0.496 e. The van der Waals surface area contributed by atoms with Crippen LogP contribution in [0.25, 0.3) is 5.76 Å². The first-order valence-corrected chi connectivity index (χ1v) is 4.61. The summed E-state index contributed by atoms with van der Waals surface area (Å²) in [7, 11) is 1.54. The van der Waals surface area contributed by atoms with E-state index in [2.05, 4.69) is 11.7 Å². The lowest BCUT2D eigenvalue weighted by Crippen LogP contribution is -1.92. The molecular formula is C12H14FNO. The summed E-state index contributed by atoms with van der Waals surface area (Å²) in [5.74, 6) is 0.298. The first kappa shape index (κ1) is 11.4. The summed E-state index contributed by atoms with van der Waals surface area (Å²) in [6.45, 7) is 7.09. The van der Waals surface area contributed by atoms with Crippen molar-refractivity contribution in [3.63, 3.8) is 0 Å². The molecule has 0 aliphatic carbocycles. The number of aryl methyl sites for hydroxylation is 1. The zero-order valence-electron chi connectivity index (χ0n) is 9.17. The molecule has 0 radical (unpaired) electrons. The predicted molar refractivity (Wildman–Crippen MR) is 61.0 cm³/mol. The van der Waals surface area contributed by atoms with Crippen molar-refractivity contribution in [2.75, 3.05) is 7.11 Å². The summed E-state index contributed by atoms with van der Waals surface area (Å²) < 4.78 is 18.4. The number of halogens is 1. The zero-order chi connectivity index (χ0) is 11.4. The van der Waals surface area contributed by atoms with Crippen molar-refractivity contribution in [1.82, 2.24) is 0 Å². The minimum absolute atomic E-state index is 0.300. The van der Waals surface area contributed by atoms with Crippen LogP contribution in [0.4, 0.5) is 10.1 Å². The second-order valence-electron chi connectivity index (χ2n) is 3.13. The van der Waals surface area contributed by atoms with Crippen molar-refractivity contribution in [1.29, 1.82) is 0 Å². The van der Waals surface area contributed by atoms with Crippen LogP contribution >= 0.6 is 0 Å². The number of nitrogens with zero attached hydrogens (tertiary/aromatic N) is 1. The molecule has 0 saturated carbocycles. The quantitative estimate of drug-likeness (QED) is 0.549. The van der Waals surface area contributed by atoms with E-state index in [0.717, 1.165) is 5.56 Å². The molecule has 0 heterocycles. The lowest BCUT2D eigenvalue weighted by molar-refractivity contribution is 0.369. The molecule has 0 bridgehead atoms. The highest BCUT2D eigenvalue weighted by Crippen LogP contribution is 2.30. The number of hydrogen-bond acceptors (Lipinski definition) is 2. The Bertz CT molecular complexity index is 410.